The molecular weight excluding hydrogens is 435 g/mol. The maximum absolute atomic E-state index is 12.3. The molecule has 0 amide bonds. The lowest BCUT2D eigenvalue weighted by Crippen LogP contribution is -2.40. The molecule has 1 spiro atoms. The number of thioether (sulfide) groups is 1. The van der Waals surface area contributed by atoms with Gasteiger partial charge in [-0.25, -0.2) is 9.97 Å². The van der Waals surface area contributed by atoms with Crippen LogP contribution in [0.3, 0.4) is 0 Å². The fraction of sp³-hybridized carbons (Fsp3) is 0.696. The molecule has 0 radical (unpaired) electrons. The van der Waals surface area contributed by atoms with Crippen LogP contribution in [0.4, 0.5) is 13.2 Å². The third kappa shape index (κ3) is 5.30. The standard InChI is InChI=1S/C12H21NS.C11H11F3N4/c1-10-2-3-11(6-10)13-5-4-12(7-13)8-14-9-12;1-7(2)18-4-3-9(17-18)8-5-15-10(16-6-8)11(12,13)14/h10-11H,2-9H2,1H3;3-7H,1-2H3. The van der Waals surface area contributed by atoms with E-state index in [2.05, 4.69) is 38.7 Å². The lowest BCUT2D eigenvalue weighted by molar-refractivity contribution is -0.144. The first-order valence-electron chi connectivity index (χ1n) is 11.4. The Morgan fingerprint density at radius 2 is 1.88 bits per heavy atom. The fourth-order valence-electron chi connectivity index (χ4n) is 4.80. The lowest BCUT2D eigenvalue weighted by Gasteiger charge is -2.38. The van der Waals surface area contributed by atoms with Crippen molar-refractivity contribution in [3.8, 4) is 11.3 Å². The maximum Gasteiger partial charge on any atom is 0.451 e. The lowest BCUT2D eigenvalue weighted by atomic mass is 9.91. The molecule has 3 fully saturated rings. The molecule has 9 heteroatoms. The van der Waals surface area contributed by atoms with Gasteiger partial charge in [0, 0.05) is 59.7 Å². The maximum atomic E-state index is 12.3. The average molecular weight is 468 g/mol. The van der Waals surface area contributed by atoms with Gasteiger partial charge >= 0.3 is 6.18 Å². The molecule has 2 aromatic rings. The molecule has 1 saturated carbocycles. The molecule has 5 rings (SSSR count). The third-order valence-corrected chi connectivity index (χ3v) is 8.44. The molecule has 2 saturated heterocycles. The highest BCUT2D eigenvalue weighted by Gasteiger charge is 2.45. The average Bonchev–Trinajstić information content (AvgIpc) is 3.46. The highest BCUT2D eigenvalue weighted by molar-refractivity contribution is 8.00. The van der Waals surface area contributed by atoms with E-state index in [0.717, 1.165) is 29.8 Å². The van der Waals surface area contributed by atoms with E-state index >= 15 is 0 Å². The molecular formula is C23H32F3N5S. The molecule has 4 heterocycles. The second kappa shape index (κ2) is 9.33. The summed E-state index contributed by atoms with van der Waals surface area (Å²) in [5.74, 6) is 2.75. The van der Waals surface area contributed by atoms with Crippen molar-refractivity contribution in [3.63, 3.8) is 0 Å². The van der Waals surface area contributed by atoms with Crippen molar-refractivity contribution in [3.05, 3.63) is 30.5 Å². The van der Waals surface area contributed by atoms with E-state index < -0.39 is 12.0 Å². The van der Waals surface area contributed by atoms with Crippen LogP contribution in [0, 0.1) is 11.3 Å². The highest BCUT2D eigenvalue weighted by atomic mass is 32.2. The molecule has 32 heavy (non-hydrogen) atoms. The monoisotopic (exact) mass is 467 g/mol. The van der Waals surface area contributed by atoms with Gasteiger partial charge < -0.3 is 0 Å². The Morgan fingerprint density at radius 3 is 2.34 bits per heavy atom. The zero-order valence-corrected chi connectivity index (χ0v) is 19.8. The van der Waals surface area contributed by atoms with E-state index in [-0.39, 0.29) is 6.04 Å². The van der Waals surface area contributed by atoms with Gasteiger partial charge in [-0.2, -0.15) is 30.0 Å². The van der Waals surface area contributed by atoms with E-state index in [1.54, 1.807) is 16.9 Å². The third-order valence-electron chi connectivity index (χ3n) is 6.81. The van der Waals surface area contributed by atoms with Crippen molar-refractivity contribution in [1.82, 2.24) is 24.6 Å². The number of nitrogens with zero attached hydrogens (tertiary/aromatic N) is 5. The van der Waals surface area contributed by atoms with E-state index in [4.69, 9.17) is 0 Å². The van der Waals surface area contributed by atoms with Crippen LogP contribution < -0.4 is 0 Å². The van der Waals surface area contributed by atoms with Gasteiger partial charge in [-0.15, -0.1) is 0 Å². The smallest absolute Gasteiger partial charge is 0.300 e. The van der Waals surface area contributed by atoms with Crippen LogP contribution in [-0.2, 0) is 6.18 Å². The summed E-state index contributed by atoms with van der Waals surface area (Å²) >= 11 is 2.15. The number of aromatic nitrogens is 4. The summed E-state index contributed by atoms with van der Waals surface area (Å²) in [6.07, 6.45) is 5.42. The quantitative estimate of drug-likeness (QED) is 0.592. The Labute approximate surface area is 192 Å². The van der Waals surface area contributed by atoms with E-state index in [1.165, 1.54) is 50.3 Å². The number of rotatable bonds is 3. The van der Waals surface area contributed by atoms with Crippen LogP contribution in [0.5, 0.6) is 0 Å². The van der Waals surface area contributed by atoms with Crippen molar-refractivity contribution in [1.29, 1.82) is 0 Å². The minimum absolute atomic E-state index is 0.189. The number of hydrogen-bond donors (Lipinski definition) is 0. The molecule has 2 unspecified atom stereocenters. The zero-order valence-electron chi connectivity index (χ0n) is 19.0. The molecule has 1 aliphatic carbocycles. The second-order valence-electron chi connectivity index (χ2n) is 9.85. The topological polar surface area (TPSA) is 46.8 Å². The predicted molar refractivity (Wildman–Crippen MR) is 121 cm³/mol. The summed E-state index contributed by atoms with van der Waals surface area (Å²) in [7, 11) is 0. The van der Waals surface area contributed by atoms with Gasteiger partial charge in [-0.1, -0.05) is 6.92 Å². The number of likely N-dealkylation sites (tertiary alicyclic amines) is 1. The summed E-state index contributed by atoms with van der Waals surface area (Å²) in [6, 6.07) is 2.86. The van der Waals surface area contributed by atoms with Gasteiger partial charge in [-0.05, 0) is 58.1 Å². The summed E-state index contributed by atoms with van der Waals surface area (Å²) in [6.45, 7) is 9.17. The Kier molecular flexibility index (Phi) is 6.86. The SMILES string of the molecule is CC(C)n1ccc(-c2cnc(C(F)(F)F)nc2)n1.CC1CCC(N2CCC3(CSC3)C2)C1. The largest absolute Gasteiger partial charge is 0.451 e. The molecule has 0 aromatic carbocycles. The van der Waals surface area contributed by atoms with Crippen LogP contribution in [0.2, 0.25) is 0 Å². The van der Waals surface area contributed by atoms with Crippen LogP contribution >= 0.6 is 11.8 Å². The van der Waals surface area contributed by atoms with Crippen molar-refractivity contribution in [2.75, 3.05) is 24.6 Å². The molecule has 2 aliphatic heterocycles. The number of alkyl halides is 3. The van der Waals surface area contributed by atoms with Gasteiger partial charge in [0.25, 0.3) is 0 Å². The Balaban J connectivity index is 0.000000157. The molecule has 3 aliphatic rings. The predicted octanol–water partition coefficient (Wildman–Crippen LogP) is 5.55. The van der Waals surface area contributed by atoms with Gasteiger partial charge in [0.1, 0.15) is 0 Å². The Morgan fingerprint density at radius 1 is 1.16 bits per heavy atom. The van der Waals surface area contributed by atoms with Gasteiger partial charge in [0.15, 0.2) is 0 Å². The summed E-state index contributed by atoms with van der Waals surface area (Å²) in [5.41, 5.74) is 1.79. The van der Waals surface area contributed by atoms with E-state index in [0.29, 0.717) is 11.3 Å². The molecule has 0 N–H and O–H groups in total. The number of halogens is 3. The minimum Gasteiger partial charge on any atom is -0.300 e. The molecule has 176 valence electrons. The Hall–Kier alpha value is -1.61. The first kappa shape index (κ1) is 23.5. The number of hydrogen-bond acceptors (Lipinski definition) is 5. The van der Waals surface area contributed by atoms with E-state index in [9.17, 15) is 13.2 Å². The van der Waals surface area contributed by atoms with Crippen molar-refractivity contribution >= 4 is 11.8 Å². The molecule has 2 atom stereocenters. The van der Waals surface area contributed by atoms with Crippen LogP contribution in [-0.4, -0.2) is 55.3 Å². The van der Waals surface area contributed by atoms with Crippen molar-refractivity contribution in [2.45, 2.75) is 64.7 Å². The second-order valence-corrected chi connectivity index (χ2v) is 10.8. The van der Waals surface area contributed by atoms with Crippen LogP contribution in [0.15, 0.2) is 24.7 Å². The van der Waals surface area contributed by atoms with Crippen molar-refractivity contribution in [2.24, 2.45) is 11.3 Å². The van der Waals surface area contributed by atoms with Gasteiger partial charge in [0.05, 0.1) is 5.69 Å². The van der Waals surface area contributed by atoms with Crippen molar-refractivity contribution < 1.29 is 13.2 Å². The molecule has 0 bridgehead atoms. The van der Waals surface area contributed by atoms with Crippen LogP contribution in [0.1, 0.15) is 58.3 Å². The first-order chi connectivity index (χ1) is 15.2. The first-order valence-corrected chi connectivity index (χ1v) is 12.6. The molecule has 5 nitrogen and oxygen atoms in total. The highest BCUT2D eigenvalue weighted by Crippen LogP contribution is 2.47. The van der Waals surface area contributed by atoms with Gasteiger partial charge in [-0.3, -0.25) is 9.58 Å². The summed E-state index contributed by atoms with van der Waals surface area (Å²) in [4.78, 5) is 9.40. The normalized spacial score (nSPS) is 25.1. The minimum atomic E-state index is -4.52. The zero-order chi connectivity index (χ0) is 22.9. The molecule has 2 aromatic heterocycles. The summed E-state index contributed by atoms with van der Waals surface area (Å²) < 4.78 is 38.6. The fourth-order valence-corrected chi connectivity index (χ4v) is 6.06. The van der Waals surface area contributed by atoms with Gasteiger partial charge in [0.2, 0.25) is 5.82 Å². The van der Waals surface area contributed by atoms with E-state index in [1.807, 2.05) is 13.8 Å². The Bertz CT molecular complexity index is 892. The summed E-state index contributed by atoms with van der Waals surface area (Å²) in [5, 5.41) is 4.23. The van der Waals surface area contributed by atoms with Crippen LogP contribution in [0.25, 0.3) is 11.3 Å².